The molecule has 1 aliphatic heterocycles. The first-order valence-corrected chi connectivity index (χ1v) is 8.12. The molecule has 1 heterocycles. The van der Waals surface area contributed by atoms with Crippen molar-refractivity contribution in [1.29, 1.82) is 0 Å². The van der Waals surface area contributed by atoms with Crippen molar-refractivity contribution in [3.8, 4) is 0 Å². The topological polar surface area (TPSA) is 107 Å². The van der Waals surface area contributed by atoms with Crippen LogP contribution < -0.4 is 5.32 Å². The number of carbonyl (C=O) groups is 3. The van der Waals surface area contributed by atoms with Crippen LogP contribution in [0.4, 0.5) is 14.5 Å². The Labute approximate surface area is 149 Å². The second kappa shape index (κ2) is 10.4. The SMILES string of the molecule is CC1CCN(CCC(=O)Nc2ccc(F)c(F)c2)CC1.O=C(O)C(=O)O. The highest BCUT2D eigenvalue weighted by molar-refractivity contribution is 6.27. The molecule has 1 aromatic rings. The summed E-state index contributed by atoms with van der Waals surface area (Å²) in [7, 11) is 0. The smallest absolute Gasteiger partial charge is 0.414 e. The molecule has 0 bridgehead atoms. The number of nitrogens with zero attached hydrogens (tertiary/aromatic N) is 1. The highest BCUT2D eigenvalue weighted by Crippen LogP contribution is 2.16. The molecule has 1 amide bonds. The van der Waals surface area contributed by atoms with E-state index in [1.807, 2.05) is 0 Å². The number of rotatable bonds is 4. The molecule has 0 aliphatic carbocycles. The Morgan fingerprint density at radius 3 is 2.19 bits per heavy atom. The highest BCUT2D eigenvalue weighted by atomic mass is 19.2. The van der Waals surface area contributed by atoms with Gasteiger partial charge < -0.3 is 20.4 Å². The number of anilines is 1. The van der Waals surface area contributed by atoms with Crippen LogP contribution in [0, 0.1) is 17.6 Å². The van der Waals surface area contributed by atoms with Crippen molar-refractivity contribution in [2.24, 2.45) is 5.92 Å². The van der Waals surface area contributed by atoms with Crippen LogP contribution >= 0.6 is 0 Å². The fraction of sp³-hybridized carbons (Fsp3) is 0.471. The van der Waals surface area contributed by atoms with Crippen molar-refractivity contribution < 1.29 is 33.4 Å². The van der Waals surface area contributed by atoms with Crippen LogP contribution in [-0.4, -0.2) is 52.6 Å². The monoisotopic (exact) mass is 372 g/mol. The standard InChI is InChI=1S/C15H20F2N2O.C2H2O4/c1-11-4-7-19(8-5-11)9-6-15(20)18-12-2-3-13(16)14(17)10-12;3-1(4)2(5)6/h2-3,10-11H,4-9H2,1H3,(H,18,20);(H,3,4)(H,5,6). The van der Waals surface area contributed by atoms with Gasteiger partial charge in [-0.15, -0.1) is 0 Å². The van der Waals surface area contributed by atoms with Crippen molar-refractivity contribution in [3.05, 3.63) is 29.8 Å². The number of carboxylic acid groups (broad SMARTS) is 2. The Balaban J connectivity index is 0.000000487. The fourth-order valence-electron chi connectivity index (χ4n) is 2.34. The van der Waals surface area contributed by atoms with Gasteiger partial charge in [-0.05, 0) is 44.0 Å². The lowest BCUT2D eigenvalue weighted by molar-refractivity contribution is -0.159. The van der Waals surface area contributed by atoms with Gasteiger partial charge >= 0.3 is 11.9 Å². The van der Waals surface area contributed by atoms with Crippen LogP contribution in [0.15, 0.2) is 18.2 Å². The molecular formula is C17H22F2N2O5. The summed E-state index contributed by atoms with van der Waals surface area (Å²) in [6.07, 6.45) is 2.71. The van der Waals surface area contributed by atoms with Gasteiger partial charge in [0.05, 0.1) is 0 Å². The van der Waals surface area contributed by atoms with Crippen LogP contribution in [0.25, 0.3) is 0 Å². The molecule has 9 heteroatoms. The van der Waals surface area contributed by atoms with E-state index in [9.17, 15) is 13.6 Å². The van der Waals surface area contributed by atoms with Crippen LogP contribution in [0.5, 0.6) is 0 Å². The average molecular weight is 372 g/mol. The van der Waals surface area contributed by atoms with Gasteiger partial charge in [0.15, 0.2) is 11.6 Å². The van der Waals surface area contributed by atoms with Gasteiger partial charge in [0, 0.05) is 24.7 Å². The van der Waals surface area contributed by atoms with Crippen molar-refractivity contribution in [3.63, 3.8) is 0 Å². The van der Waals surface area contributed by atoms with E-state index in [-0.39, 0.29) is 5.91 Å². The summed E-state index contributed by atoms with van der Waals surface area (Å²) in [5, 5.41) is 17.4. The summed E-state index contributed by atoms with van der Waals surface area (Å²) in [6.45, 7) is 5.01. The number of halogens is 2. The molecule has 0 saturated carbocycles. The molecule has 1 saturated heterocycles. The van der Waals surface area contributed by atoms with E-state index in [0.717, 1.165) is 31.1 Å². The lowest BCUT2D eigenvalue weighted by Crippen LogP contribution is -2.35. The van der Waals surface area contributed by atoms with Gasteiger partial charge in [-0.2, -0.15) is 0 Å². The average Bonchev–Trinajstić information content (AvgIpc) is 2.58. The molecule has 0 atom stereocenters. The lowest BCUT2D eigenvalue weighted by Gasteiger charge is -2.29. The normalized spacial score (nSPS) is 14.9. The van der Waals surface area contributed by atoms with E-state index in [4.69, 9.17) is 19.8 Å². The number of carbonyl (C=O) groups excluding carboxylic acids is 1. The Morgan fingerprint density at radius 2 is 1.69 bits per heavy atom. The Morgan fingerprint density at radius 1 is 1.12 bits per heavy atom. The van der Waals surface area contributed by atoms with Crippen molar-refractivity contribution in [2.75, 3.05) is 25.0 Å². The maximum Gasteiger partial charge on any atom is 0.414 e. The van der Waals surface area contributed by atoms with Crippen molar-refractivity contribution in [1.82, 2.24) is 4.90 Å². The minimum atomic E-state index is -1.82. The molecule has 26 heavy (non-hydrogen) atoms. The van der Waals surface area contributed by atoms with Crippen molar-refractivity contribution in [2.45, 2.75) is 26.2 Å². The number of amides is 1. The zero-order valence-electron chi connectivity index (χ0n) is 14.4. The first-order valence-electron chi connectivity index (χ1n) is 8.12. The molecule has 7 nitrogen and oxygen atoms in total. The van der Waals surface area contributed by atoms with Gasteiger partial charge in [-0.25, -0.2) is 18.4 Å². The second-order valence-electron chi connectivity index (χ2n) is 6.06. The predicted octanol–water partition coefficient (Wildman–Crippen LogP) is 2.18. The van der Waals surface area contributed by atoms with E-state index in [1.54, 1.807) is 0 Å². The van der Waals surface area contributed by atoms with Gasteiger partial charge in [-0.1, -0.05) is 6.92 Å². The number of hydrogen-bond donors (Lipinski definition) is 3. The lowest BCUT2D eigenvalue weighted by atomic mass is 9.99. The van der Waals surface area contributed by atoms with Gasteiger partial charge in [-0.3, -0.25) is 4.79 Å². The zero-order valence-corrected chi connectivity index (χ0v) is 14.4. The Kier molecular flexibility index (Phi) is 8.63. The minimum Gasteiger partial charge on any atom is -0.473 e. The first-order chi connectivity index (χ1) is 12.2. The predicted molar refractivity (Wildman–Crippen MR) is 89.7 cm³/mol. The van der Waals surface area contributed by atoms with Crippen LogP contribution in [-0.2, 0) is 14.4 Å². The van der Waals surface area contributed by atoms with E-state index in [2.05, 4.69) is 17.1 Å². The molecule has 3 N–H and O–H groups in total. The number of nitrogens with one attached hydrogen (secondary N) is 1. The quantitative estimate of drug-likeness (QED) is 0.700. The molecule has 144 valence electrons. The summed E-state index contributed by atoms with van der Waals surface area (Å²) >= 11 is 0. The molecule has 2 rings (SSSR count). The molecule has 0 unspecified atom stereocenters. The van der Waals surface area contributed by atoms with Gasteiger partial charge in [0.2, 0.25) is 5.91 Å². The molecule has 0 radical (unpaired) electrons. The van der Waals surface area contributed by atoms with Crippen LogP contribution in [0.1, 0.15) is 26.2 Å². The maximum absolute atomic E-state index is 13.0. The number of piperidine rings is 1. The van der Waals surface area contributed by atoms with Crippen LogP contribution in [0.2, 0.25) is 0 Å². The number of aliphatic carboxylic acids is 2. The summed E-state index contributed by atoms with van der Waals surface area (Å²) in [6, 6.07) is 3.37. The van der Waals surface area contributed by atoms with E-state index in [1.165, 1.54) is 18.9 Å². The highest BCUT2D eigenvalue weighted by Gasteiger charge is 2.16. The summed E-state index contributed by atoms with van der Waals surface area (Å²) in [5.41, 5.74) is 0.293. The molecule has 1 aromatic carbocycles. The number of benzene rings is 1. The van der Waals surface area contributed by atoms with Gasteiger partial charge in [0.25, 0.3) is 0 Å². The summed E-state index contributed by atoms with van der Waals surface area (Å²) in [4.78, 5) is 32.2. The third-order valence-electron chi connectivity index (χ3n) is 3.92. The molecule has 1 aliphatic rings. The minimum absolute atomic E-state index is 0.172. The molecule has 0 aromatic heterocycles. The molecular weight excluding hydrogens is 350 g/mol. The number of hydrogen-bond acceptors (Lipinski definition) is 4. The van der Waals surface area contributed by atoms with Crippen LogP contribution in [0.3, 0.4) is 0 Å². The van der Waals surface area contributed by atoms with Crippen molar-refractivity contribution >= 4 is 23.5 Å². The van der Waals surface area contributed by atoms with E-state index >= 15 is 0 Å². The first kappa shape index (κ1) is 21.5. The maximum atomic E-state index is 13.0. The zero-order chi connectivity index (χ0) is 19.7. The Bertz CT molecular complexity index is 634. The summed E-state index contributed by atoms with van der Waals surface area (Å²) < 4.78 is 25.8. The summed E-state index contributed by atoms with van der Waals surface area (Å²) in [5.74, 6) is -4.92. The number of likely N-dealkylation sites (tertiary alicyclic amines) is 1. The largest absolute Gasteiger partial charge is 0.473 e. The number of carboxylic acids is 2. The van der Waals surface area contributed by atoms with E-state index in [0.29, 0.717) is 18.7 Å². The third-order valence-corrected chi connectivity index (χ3v) is 3.92. The molecule has 0 spiro atoms. The Hall–Kier alpha value is -2.55. The second-order valence-corrected chi connectivity index (χ2v) is 6.06. The van der Waals surface area contributed by atoms with Gasteiger partial charge in [0.1, 0.15) is 0 Å². The molecule has 1 fully saturated rings. The third kappa shape index (κ3) is 8.02. The van der Waals surface area contributed by atoms with E-state index < -0.39 is 23.6 Å². The fourth-order valence-corrected chi connectivity index (χ4v) is 2.34.